The van der Waals surface area contributed by atoms with E-state index < -0.39 is 11.8 Å². The molecule has 0 spiro atoms. The summed E-state index contributed by atoms with van der Waals surface area (Å²) in [6, 6.07) is 4.22. The van der Waals surface area contributed by atoms with Crippen molar-refractivity contribution < 1.29 is 18.7 Å². The van der Waals surface area contributed by atoms with Gasteiger partial charge in [0.15, 0.2) is 0 Å². The number of likely N-dealkylation sites (N-methyl/N-ethyl adjacent to an activating group) is 1. The number of ether oxygens (including phenoxy) is 1. The van der Waals surface area contributed by atoms with Crippen LogP contribution in [0.15, 0.2) is 18.2 Å². The van der Waals surface area contributed by atoms with Crippen molar-refractivity contribution in [3.05, 3.63) is 35.1 Å². The van der Waals surface area contributed by atoms with Gasteiger partial charge in [-0.25, -0.2) is 9.18 Å². The highest BCUT2D eigenvalue weighted by atomic mass is 19.1. The van der Waals surface area contributed by atoms with Crippen molar-refractivity contribution in [3.63, 3.8) is 0 Å². The molecule has 1 aromatic carbocycles. The van der Waals surface area contributed by atoms with Gasteiger partial charge in [-0.3, -0.25) is 4.79 Å². The Morgan fingerprint density at radius 1 is 1.37 bits per heavy atom. The van der Waals surface area contributed by atoms with Crippen LogP contribution in [0.25, 0.3) is 0 Å². The molecule has 0 aliphatic rings. The summed E-state index contributed by atoms with van der Waals surface area (Å²) >= 11 is 0. The van der Waals surface area contributed by atoms with Gasteiger partial charge in [0.05, 0.1) is 19.2 Å². The average molecular weight is 268 g/mol. The Bertz CT molecular complexity index is 463. The summed E-state index contributed by atoms with van der Waals surface area (Å²) in [5, 5.41) is 5.52. The molecule has 0 aliphatic carbocycles. The SMILES string of the molecule is CCNC(=O)CNCc1ccc(C(=O)OC)c(F)c1. The van der Waals surface area contributed by atoms with E-state index in [0.717, 1.165) is 0 Å². The third-order valence-electron chi connectivity index (χ3n) is 2.43. The van der Waals surface area contributed by atoms with Crippen LogP contribution in [0, 0.1) is 5.82 Å². The van der Waals surface area contributed by atoms with Crippen LogP contribution in [-0.4, -0.2) is 32.1 Å². The largest absolute Gasteiger partial charge is 0.465 e. The monoisotopic (exact) mass is 268 g/mol. The molecule has 1 aromatic rings. The fraction of sp³-hybridized carbons (Fsp3) is 0.385. The third-order valence-corrected chi connectivity index (χ3v) is 2.43. The van der Waals surface area contributed by atoms with Crippen LogP contribution in [0.2, 0.25) is 0 Å². The number of carbonyl (C=O) groups is 2. The zero-order valence-corrected chi connectivity index (χ0v) is 11.0. The molecule has 104 valence electrons. The molecule has 0 saturated heterocycles. The summed E-state index contributed by atoms with van der Waals surface area (Å²) in [5.41, 5.74) is 0.546. The second-order valence-electron chi connectivity index (χ2n) is 3.86. The van der Waals surface area contributed by atoms with E-state index in [1.54, 1.807) is 6.07 Å². The van der Waals surface area contributed by atoms with Crippen molar-refractivity contribution in [1.82, 2.24) is 10.6 Å². The normalized spacial score (nSPS) is 10.1. The third kappa shape index (κ3) is 4.67. The first-order valence-corrected chi connectivity index (χ1v) is 5.92. The lowest BCUT2D eigenvalue weighted by atomic mass is 10.1. The Morgan fingerprint density at radius 2 is 2.11 bits per heavy atom. The summed E-state index contributed by atoms with van der Waals surface area (Å²) < 4.78 is 18.0. The highest BCUT2D eigenvalue weighted by Crippen LogP contribution is 2.11. The quantitative estimate of drug-likeness (QED) is 0.750. The fourth-order valence-electron chi connectivity index (χ4n) is 1.52. The lowest BCUT2D eigenvalue weighted by Gasteiger charge is -2.07. The van der Waals surface area contributed by atoms with Gasteiger partial charge in [0.25, 0.3) is 0 Å². The number of halogens is 1. The predicted octanol–water partition coefficient (Wildman–Crippen LogP) is 0.838. The predicted molar refractivity (Wildman–Crippen MR) is 68.1 cm³/mol. The van der Waals surface area contributed by atoms with E-state index in [-0.39, 0.29) is 18.0 Å². The van der Waals surface area contributed by atoms with Gasteiger partial charge in [-0.15, -0.1) is 0 Å². The van der Waals surface area contributed by atoms with Crippen molar-refractivity contribution in [2.75, 3.05) is 20.2 Å². The minimum Gasteiger partial charge on any atom is -0.465 e. The molecule has 5 nitrogen and oxygen atoms in total. The van der Waals surface area contributed by atoms with Gasteiger partial charge in [-0.2, -0.15) is 0 Å². The van der Waals surface area contributed by atoms with Crippen molar-refractivity contribution in [2.24, 2.45) is 0 Å². The fourth-order valence-corrected chi connectivity index (χ4v) is 1.52. The van der Waals surface area contributed by atoms with Crippen molar-refractivity contribution >= 4 is 11.9 Å². The summed E-state index contributed by atoms with van der Waals surface area (Å²) in [6.07, 6.45) is 0. The first-order valence-electron chi connectivity index (χ1n) is 5.92. The number of rotatable bonds is 6. The molecule has 2 N–H and O–H groups in total. The molecule has 1 rings (SSSR count). The zero-order valence-electron chi connectivity index (χ0n) is 11.0. The number of amides is 1. The van der Waals surface area contributed by atoms with Crippen LogP contribution in [0.3, 0.4) is 0 Å². The van der Waals surface area contributed by atoms with Crippen molar-refractivity contribution in [3.8, 4) is 0 Å². The zero-order chi connectivity index (χ0) is 14.3. The van der Waals surface area contributed by atoms with E-state index in [1.807, 2.05) is 6.92 Å². The van der Waals surface area contributed by atoms with Crippen LogP contribution in [0.4, 0.5) is 4.39 Å². The molecule has 0 aliphatic heterocycles. The first-order chi connectivity index (χ1) is 9.08. The van der Waals surface area contributed by atoms with Crippen LogP contribution in [0.1, 0.15) is 22.8 Å². The molecule has 0 fully saturated rings. The van der Waals surface area contributed by atoms with Crippen LogP contribution in [0.5, 0.6) is 0 Å². The van der Waals surface area contributed by atoms with Gasteiger partial charge in [-0.1, -0.05) is 6.07 Å². The summed E-state index contributed by atoms with van der Waals surface area (Å²) in [7, 11) is 1.20. The number of benzene rings is 1. The molecular weight excluding hydrogens is 251 g/mol. The second-order valence-corrected chi connectivity index (χ2v) is 3.86. The van der Waals surface area contributed by atoms with Gasteiger partial charge < -0.3 is 15.4 Å². The molecule has 6 heteroatoms. The van der Waals surface area contributed by atoms with E-state index in [9.17, 15) is 14.0 Å². The lowest BCUT2D eigenvalue weighted by Crippen LogP contribution is -2.33. The Balaban J connectivity index is 2.54. The smallest absolute Gasteiger partial charge is 0.340 e. The van der Waals surface area contributed by atoms with E-state index in [0.29, 0.717) is 18.7 Å². The number of nitrogens with one attached hydrogen (secondary N) is 2. The molecule has 0 aromatic heterocycles. The van der Waals surface area contributed by atoms with Crippen LogP contribution >= 0.6 is 0 Å². The maximum atomic E-state index is 13.6. The van der Waals surface area contributed by atoms with E-state index in [4.69, 9.17) is 0 Å². The van der Waals surface area contributed by atoms with Gasteiger partial charge >= 0.3 is 5.97 Å². The highest BCUT2D eigenvalue weighted by molar-refractivity contribution is 5.89. The van der Waals surface area contributed by atoms with E-state index in [1.165, 1.54) is 19.2 Å². The van der Waals surface area contributed by atoms with Gasteiger partial charge in [-0.05, 0) is 24.6 Å². The standard InChI is InChI=1S/C13H17FN2O3/c1-3-16-12(17)8-15-7-9-4-5-10(11(14)6-9)13(18)19-2/h4-6,15H,3,7-8H2,1-2H3,(H,16,17). The number of esters is 1. The molecular formula is C13H17FN2O3. The molecule has 0 heterocycles. The van der Waals surface area contributed by atoms with Gasteiger partial charge in [0.2, 0.25) is 5.91 Å². The molecule has 0 atom stereocenters. The van der Waals surface area contributed by atoms with Gasteiger partial charge in [0.1, 0.15) is 5.82 Å². The van der Waals surface area contributed by atoms with Crippen molar-refractivity contribution in [2.45, 2.75) is 13.5 Å². The van der Waals surface area contributed by atoms with Crippen molar-refractivity contribution in [1.29, 1.82) is 0 Å². The Kier molecular flexibility index (Phi) is 5.95. The molecule has 0 bridgehead atoms. The highest BCUT2D eigenvalue weighted by Gasteiger charge is 2.12. The second kappa shape index (κ2) is 7.48. The molecule has 0 unspecified atom stereocenters. The molecule has 0 radical (unpaired) electrons. The number of carbonyl (C=O) groups excluding carboxylic acids is 2. The topological polar surface area (TPSA) is 67.4 Å². The maximum Gasteiger partial charge on any atom is 0.340 e. The Hall–Kier alpha value is -1.95. The van der Waals surface area contributed by atoms with Crippen LogP contribution < -0.4 is 10.6 Å². The summed E-state index contributed by atoms with van der Waals surface area (Å²) in [6.45, 7) is 2.91. The van der Waals surface area contributed by atoms with Crippen LogP contribution in [-0.2, 0) is 16.1 Å². The van der Waals surface area contributed by atoms with E-state index in [2.05, 4.69) is 15.4 Å². The Morgan fingerprint density at radius 3 is 2.68 bits per heavy atom. The number of hydrogen-bond donors (Lipinski definition) is 2. The van der Waals surface area contributed by atoms with E-state index >= 15 is 0 Å². The first kappa shape index (κ1) is 15.1. The molecule has 1 amide bonds. The summed E-state index contributed by atoms with van der Waals surface area (Å²) in [4.78, 5) is 22.4. The minimum absolute atomic E-state index is 0.102. The number of methoxy groups -OCH3 is 1. The van der Waals surface area contributed by atoms with Gasteiger partial charge in [0, 0.05) is 13.1 Å². The Labute approximate surface area is 111 Å². The lowest BCUT2D eigenvalue weighted by molar-refractivity contribution is -0.120. The average Bonchev–Trinajstić information content (AvgIpc) is 2.38. The summed E-state index contributed by atoms with van der Waals surface area (Å²) in [5.74, 6) is -1.46. The molecule has 0 saturated carbocycles. The number of hydrogen-bond acceptors (Lipinski definition) is 4. The maximum absolute atomic E-state index is 13.6. The molecule has 19 heavy (non-hydrogen) atoms. The minimum atomic E-state index is -0.709.